The SMILES string of the molecule is C=C/C(C)=C\C=C(/CC)CNCCCP(=O)(O)O. The quantitative estimate of drug-likeness (QED) is 0.343. The Morgan fingerprint density at radius 2 is 2.06 bits per heavy atom. The van der Waals surface area contributed by atoms with Crippen molar-refractivity contribution in [3.8, 4) is 0 Å². The molecule has 0 spiro atoms. The lowest BCUT2D eigenvalue weighted by molar-refractivity contribution is 0.371. The molecule has 3 N–H and O–H groups in total. The Morgan fingerprint density at radius 3 is 2.56 bits per heavy atom. The summed E-state index contributed by atoms with van der Waals surface area (Å²) in [6.07, 6.45) is 7.27. The van der Waals surface area contributed by atoms with Gasteiger partial charge in [0.25, 0.3) is 0 Å². The Morgan fingerprint density at radius 1 is 1.39 bits per heavy atom. The van der Waals surface area contributed by atoms with E-state index in [2.05, 4.69) is 24.9 Å². The first-order valence-electron chi connectivity index (χ1n) is 6.13. The molecule has 18 heavy (non-hydrogen) atoms. The van der Waals surface area contributed by atoms with Crippen molar-refractivity contribution in [2.24, 2.45) is 0 Å². The summed E-state index contributed by atoms with van der Waals surface area (Å²) in [6, 6.07) is 0. The molecule has 4 nitrogen and oxygen atoms in total. The Hall–Kier alpha value is -0.670. The van der Waals surface area contributed by atoms with Crippen molar-refractivity contribution >= 4 is 7.60 Å². The second-order valence-corrected chi connectivity index (χ2v) is 5.99. The van der Waals surface area contributed by atoms with Crippen LogP contribution in [-0.4, -0.2) is 29.0 Å². The van der Waals surface area contributed by atoms with E-state index in [0.717, 1.165) is 18.5 Å². The van der Waals surface area contributed by atoms with Crippen LogP contribution < -0.4 is 5.32 Å². The Kier molecular flexibility index (Phi) is 8.94. The van der Waals surface area contributed by atoms with Gasteiger partial charge in [0.1, 0.15) is 0 Å². The van der Waals surface area contributed by atoms with E-state index in [1.165, 1.54) is 5.57 Å². The van der Waals surface area contributed by atoms with Gasteiger partial charge in [-0.05, 0) is 26.3 Å². The highest BCUT2D eigenvalue weighted by atomic mass is 31.2. The Balaban J connectivity index is 3.95. The molecule has 0 aromatic carbocycles. The van der Waals surface area contributed by atoms with Crippen molar-refractivity contribution in [2.45, 2.75) is 26.7 Å². The van der Waals surface area contributed by atoms with Gasteiger partial charge < -0.3 is 15.1 Å². The molecule has 0 unspecified atom stereocenters. The molecule has 0 amide bonds. The Labute approximate surface area is 110 Å². The van der Waals surface area contributed by atoms with Gasteiger partial charge in [0.05, 0.1) is 6.16 Å². The van der Waals surface area contributed by atoms with Gasteiger partial charge in [-0.2, -0.15) is 0 Å². The normalized spacial score (nSPS) is 13.8. The minimum atomic E-state index is -3.84. The molecule has 0 atom stereocenters. The summed E-state index contributed by atoms with van der Waals surface area (Å²) in [4.78, 5) is 17.4. The van der Waals surface area contributed by atoms with Crippen LogP contribution in [-0.2, 0) is 4.57 Å². The lowest BCUT2D eigenvalue weighted by Gasteiger charge is -2.07. The van der Waals surface area contributed by atoms with Gasteiger partial charge in [-0.1, -0.05) is 42.9 Å². The van der Waals surface area contributed by atoms with Crippen LogP contribution in [0, 0.1) is 0 Å². The zero-order valence-corrected chi connectivity index (χ0v) is 12.1. The van der Waals surface area contributed by atoms with Crippen LogP contribution >= 0.6 is 7.60 Å². The van der Waals surface area contributed by atoms with Crippen molar-refractivity contribution in [2.75, 3.05) is 19.3 Å². The van der Waals surface area contributed by atoms with E-state index in [1.54, 1.807) is 6.08 Å². The molecular weight excluding hydrogens is 249 g/mol. The fraction of sp³-hybridized carbons (Fsp3) is 0.538. The van der Waals surface area contributed by atoms with Crippen molar-refractivity contribution in [1.29, 1.82) is 0 Å². The number of hydrogen-bond acceptors (Lipinski definition) is 2. The highest BCUT2D eigenvalue weighted by Crippen LogP contribution is 2.34. The fourth-order valence-corrected chi connectivity index (χ4v) is 1.85. The molecule has 0 bridgehead atoms. The zero-order valence-electron chi connectivity index (χ0n) is 11.2. The fourth-order valence-electron chi connectivity index (χ4n) is 1.28. The summed E-state index contributed by atoms with van der Waals surface area (Å²) in [7, 11) is -3.84. The summed E-state index contributed by atoms with van der Waals surface area (Å²) in [6.45, 7) is 9.13. The van der Waals surface area contributed by atoms with E-state index < -0.39 is 7.60 Å². The minimum absolute atomic E-state index is 0.0549. The minimum Gasteiger partial charge on any atom is -0.324 e. The van der Waals surface area contributed by atoms with Gasteiger partial charge in [-0.15, -0.1) is 0 Å². The van der Waals surface area contributed by atoms with E-state index in [4.69, 9.17) is 9.79 Å². The van der Waals surface area contributed by atoms with Gasteiger partial charge in [0.15, 0.2) is 0 Å². The van der Waals surface area contributed by atoms with E-state index >= 15 is 0 Å². The van der Waals surface area contributed by atoms with Gasteiger partial charge in [0, 0.05) is 6.54 Å². The first-order valence-corrected chi connectivity index (χ1v) is 7.93. The molecular formula is C13H24NO3P. The van der Waals surface area contributed by atoms with Crippen LogP contribution in [0.1, 0.15) is 26.7 Å². The van der Waals surface area contributed by atoms with Gasteiger partial charge in [-0.25, -0.2) is 0 Å². The second kappa shape index (κ2) is 9.29. The van der Waals surface area contributed by atoms with Crippen LogP contribution in [0.3, 0.4) is 0 Å². The zero-order chi connectivity index (χ0) is 14.0. The van der Waals surface area contributed by atoms with Crippen LogP contribution in [0.4, 0.5) is 0 Å². The van der Waals surface area contributed by atoms with E-state index in [0.29, 0.717) is 13.0 Å². The van der Waals surface area contributed by atoms with Crippen molar-refractivity contribution in [1.82, 2.24) is 5.32 Å². The molecule has 0 radical (unpaired) electrons. The third-order valence-electron chi connectivity index (χ3n) is 2.51. The average Bonchev–Trinajstić information content (AvgIpc) is 2.30. The predicted octanol–water partition coefficient (Wildman–Crippen LogP) is 2.61. The van der Waals surface area contributed by atoms with Crippen molar-refractivity contribution < 1.29 is 14.4 Å². The first kappa shape index (κ1) is 17.3. The highest BCUT2D eigenvalue weighted by Gasteiger charge is 2.10. The Bertz CT molecular complexity index is 355. The molecule has 0 rings (SSSR count). The maximum Gasteiger partial charge on any atom is 0.325 e. The smallest absolute Gasteiger partial charge is 0.324 e. The van der Waals surface area contributed by atoms with Crippen LogP contribution in [0.25, 0.3) is 0 Å². The molecule has 0 aliphatic carbocycles. The molecule has 0 saturated heterocycles. The average molecular weight is 273 g/mol. The maximum absolute atomic E-state index is 10.6. The third kappa shape index (κ3) is 10.5. The summed E-state index contributed by atoms with van der Waals surface area (Å²) in [5, 5.41) is 3.18. The van der Waals surface area contributed by atoms with Crippen LogP contribution in [0.2, 0.25) is 0 Å². The van der Waals surface area contributed by atoms with E-state index in [1.807, 2.05) is 13.0 Å². The lowest BCUT2D eigenvalue weighted by Crippen LogP contribution is -2.19. The molecule has 5 heteroatoms. The summed E-state index contributed by atoms with van der Waals surface area (Å²) < 4.78 is 10.6. The largest absolute Gasteiger partial charge is 0.325 e. The van der Waals surface area contributed by atoms with Gasteiger partial charge >= 0.3 is 7.60 Å². The standard InChI is InChI=1S/C13H24NO3P/c1-4-12(3)7-8-13(5-2)11-14-9-6-10-18(15,16)17/h4,7-8,14H,1,5-6,9-11H2,2-3H3,(H2,15,16,17)/b12-7-,13-8+. The molecule has 0 heterocycles. The molecule has 0 aromatic rings. The molecule has 0 aliphatic rings. The van der Waals surface area contributed by atoms with E-state index in [9.17, 15) is 4.57 Å². The van der Waals surface area contributed by atoms with Crippen LogP contribution in [0.15, 0.2) is 36.0 Å². The number of nitrogens with one attached hydrogen (secondary N) is 1. The summed E-state index contributed by atoms with van der Waals surface area (Å²) in [5.74, 6) is 0. The van der Waals surface area contributed by atoms with Gasteiger partial charge in [0.2, 0.25) is 0 Å². The van der Waals surface area contributed by atoms with E-state index in [-0.39, 0.29) is 6.16 Å². The highest BCUT2D eigenvalue weighted by molar-refractivity contribution is 7.51. The lowest BCUT2D eigenvalue weighted by atomic mass is 10.1. The maximum atomic E-state index is 10.6. The number of hydrogen-bond donors (Lipinski definition) is 3. The third-order valence-corrected chi connectivity index (χ3v) is 3.41. The predicted molar refractivity (Wildman–Crippen MR) is 76.7 cm³/mol. The number of allylic oxidation sites excluding steroid dienone is 4. The summed E-state index contributed by atoms with van der Waals surface area (Å²) >= 11 is 0. The van der Waals surface area contributed by atoms with Gasteiger partial charge in [-0.3, -0.25) is 4.57 Å². The topological polar surface area (TPSA) is 69.6 Å². The second-order valence-electron chi connectivity index (χ2n) is 4.21. The first-order chi connectivity index (χ1) is 8.39. The monoisotopic (exact) mass is 273 g/mol. The molecule has 0 saturated carbocycles. The van der Waals surface area contributed by atoms with Crippen molar-refractivity contribution in [3.63, 3.8) is 0 Å². The molecule has 0 aromatic heterocycles. The summed E-state index contributed by atoms with van der Waals surface area (Å²) in [5.41, 5.74) is 2.37. The molecule has 0 aliphatic heterocycles. The van der Waals surface area contributed by atoms with Crippen molar-refractivity contribution in [3.05, 3.63) is 36.0 Å². The molecule has 104 valence electrons. The van der Waals surface area contributed by atoms with Crippen LogP contribution in [0.5, 0.6) is 0 Å². The molecule has 0 fully saturated rings. The number of rotatable bonds is 9.